The molecule has 0 aliphatic heterocycles. The molecular formula is C23H23ClFN3O3S. The molecule has 3 N–H and O–H groups in total. The maximum Gasteiger partial charge on any atom is 0.261 e. The first kappa shape index (κ1) is 23.6. The van der Waals surface area contributed by atoms with Gasteiger partial charge in [0.15, 0.2) is 0 Å². The van der Waals surface area contributed by atoms with Crippen molar-refractivity contribution in [3.8, 4) is 0 Å². The van der Waals surface area contributed by atoms with Gasteiger partial charge >= 0.3 is 0 Å². The zero-order chi connectivity index (χ0) is 23.5. The van der Waals surface area contributed by atoms with Crippen molar-refractivity contribution in [1.29, 1.82) is 0 Å². The van der Waals surface area contributed by atoms with Gasteiger partial charge < -0.3 is 10.6 Å². The van der Waals surface area contributed by atoms with Crippen molar-refractivity contribution in [2.24, 2.45) is 0 Å². The van der Waals surface area contributed by atoms with Gasteiger partial charge in [-0.05, 0) is 80.4 Å². The van der Waals surface area contributed by atoms with E-state index >= 15 is 0 Å². The molecule has 0 aromatic heterocycles. The van der Waals surface area contributed by atoms with Crippen molar-refractivity contribution in [3.63, 3.8) is 0 Å². The fraction of sp³-hybridized carbons (Fsp3) is 0.174. The molecule has 0 saturated heterocycles. The Bertz CT molecular complexity index is 1270. The topological polar surface area (TPSA) is 87.3 Å². The lowest BCUT2D eigenvalue weighted by Crippen LogP contribution is -2.32. The van der Waals surface area contributed by atoms with E-state index in [0.717, 1.165) is 17.2 Å². The summed E-state index contributed by atoms with van der Waals surface area (Å²) >= 11 is 5.95. The molecule has 1 amide bonds. The van der Waals surface area contributed by atoms with E-state index in [1.165, 1.54) is 12.1 Å². The first-order valence-electron chi connectivity index (χ1n) is 9.78. The first-order chi connectivity index (χ1) is 15.0. The molecule has 0 bridgehead atoms. The number of sulfonamides is 1. The third-order valence-corrected chi connectivity index (χ3v) is 6.56. The van der Waals surface area contributed by atoms with Crippen LogP contribution < -0.4 is 15.4 Å². The van der Waals surface area contributed by atoms with E-state index in [-0.39, 0.29) is 15.8 Å². The van der Waals surface area contributed by atoms with Crippen molar-refractivity contribution in [2.45, 2.75) is 31.7 Å². The van der Waals surface area contributed by atoms with Gasteiger partial charge in [-0.3, -0.25) is 9.52 Å². The van der Waals surface area contributed by atoms with Crippen molar-refractivity contribution in [1.82, 2.24) is 0 Å². The lowest BCUT2D eigenvalue weighted by molar-refractivity contribution is -0.116. The molecular weight excluding hydrogens is 453 g/mol. The van der Waals surface area contributed by atoms with Gasteiger partial charge in [0.05, 0.1) is 21.3 Å². The molecule has 0 spiro atoms. The third-order valence-electron chi connectivity index (χ3n) is 4.87. The van der Waals surface area contributed by atoms with Crippen LogP contribution in [0, 0.1) is 19.7 Å². The van der Waals surface area contributed by atoms with Gasteiger partial charge in [-0.25, -0.2) is 12.8 Å². The minimum Gasteiger partial charge on any atom is -0.374 e. The Morgan fingerprint density at radius 2 is 1.69 bits per heavy atom. The molecule has 168 valence electrons. The maximum atomic E-state index is 13.2. The van der Waals surface area contributed by atoms with E-state index in [1.807, 2.05) is 13.8 Å². The van der Waals surface area contributed by atoms with Crippen LogP contribution in [0.25, 0.3) is 0 Å². The average Bonchev–Trinajstić information content (AvgIpc) is 2.71. The molecule has 0 saturated carbocycles. The summed E-state index contributed by atoms with van der Waals surface area (Å²) in [4.78, 5) is 12.6. The molecule has 0 unspecified atom stereocenters. The minimum absolute atomic E-state index is 0.0910. The van der Waals surface area contributed by atoms with Gasteiger partial charge in [0.2, 0.25) is 5.91 Å². The Morgan fingerprint density at radius 1 is 0.969 bits per heavy atom. The number of nitrogens with one attached hydrogen (secondary N) is 3. The number of halogens is 2. The van der Waals surface area contributed by atoms with Crippen molar-refractivity contribution < 1.29 is 17.6 Å². The van der Waals surface area contributed by atoms with E-state index in [9.17, 15) is 17.6 Å². The van der Waals surface area contributed by atoms with Crippen LogP contribution in [0.15, 0.2) is 65.6 Å². The highest BCUT2D eigenvalue weighted by Gasteiger charge is 2.17. The van der Waals surface area contributed by atoms with E-state index in [1.54, 1.807) is 49.4 Å². The Balaban J connectivity index is 1.70. The second-order valence-corrected chi connectivity index (χ2v) is 9.50. The van der Waals surface area contributed by atoms with Crippen molar-refractivity contribution in [3.05, 3.63) is 82.6 Å². The van der Waals surface area contributed by atoms with E-state index < -0.39 is 21.9 Å². The Hall–Kier alpha value is -3.10. The molecule has 3 aromatic rings. The molecule has 0 aliphatic rings. The smallest absolute Gasteiger partial charge is 0.261 e. The minimum atomic E-state index is -3.77. The lowest BCUT2D eigenvalue weighted by Gasteiger charge is -2.17. The van der Waals surface area contributed by atoms with Crippen molar-refractivity contribution in [2.75, 3.05) is 15.4 Å². The number of anilines is 3. The van der Waals surface area contributed by atoms with Gasteiger partial charge in [-0.2, -0.15) is 0 Å². The number of carbonyl (C=O) groups excluding carboxylic acids is 1. The predicted octanol–water partition coefficient (Wildman–Crippen LogP) is 5.34. The van der Waals surface area contributed by atoms with E-state index in [4.69, 9.17) is 11.6 Å². The quantitative estimate of drug-likeness (QED) is 0.430. The van der Waals surface area contributed by atoms with E-state index in [0.29, 0.717) is 17.1 Å². The monoisotopic (exact) mass is 475 g/mol. The lowest BCUT2D eigenvalue weighted by atomic mass is 10.1. The second kappa shape index (κ2) is 9.58. The fourth-order valence-corrected chi connectivity index (χ4v) is 4.26. The number of amides is 1. The standard InChI is InChI=1S/C23H23ClFN3O3S/c1-14-7-9-20(11-15(14)2)32(30,31)28-19-6-4-5-18(13-19)26-16(3)23(29)27-22-10-8-17(25)12-21(22)24/h4-13,16,26,28H,1-3H3,(H,27,29)/t16-/m0/s1. The second-order valence-electron chi connectivity index (χ2n) is 7.41. The SMILES string of the molecule is Cc1ccc(S(=O)(=O)Nc2cccc(N[C@@H](C)C(=O)Nc3ccc(F)cc3Cl)c2)cc1C. The van der Waals surface area contributed by atoms with Crippen LogP contribution in [0.5, 0.6) is 0 Å². The largest absolute Gasteiger partial charge is 0.374 e. The summed E-state index contributed by atoms with van der Waals surface area (Å²) in [6.07, 6.45) is 0. The van der Waals surface area contributed by atoms with Gasteiger partial charge in [0.1, 0.15) is 11.9 Å². The number of benzene rings is 3. The van der Waals surface area contributed by atoms with Crippen LogP contribution in [0.3, 0.4) is 0 Å². The molecule has 9 heteroatoms. The highest BCUT2D eigenvalue weighted by atomic mass is 35.5. The fourth-order valence-electron chi connectivity index (χ4n) is 2.91. The molecule has 0 fully saturated rings. The molecule has 32 heavy (non-hydrogen) atoms. The summed E-state index contributed by atoms with van der Waals surface area (Å²) < 4.78 is 41.2. The zero-order valence-corrected chi connectivity index (χ0v) is 19.3. The van der Waals surface area contributed by atoms with Gasteiger partial charge in [0.25, 0.3) is 10.0 Å². The third kappa shape index (κ3) is 5.77. The Kier molecular flexibility index (Phi) is 7.06. The molecule has 0 radical (unpaired) electrons. The molecule has 3 rings (SSSR count). The van der Waals surface area contributed by atoms with Gasteiger partial charge in [-0.15, -0.1) is 0 Å². The molecule has 0 heterocycles. The Labute approximate surface area is 191 Å². The highest BCUT2D eigenvalue weighted by Crippen LogP contribution is 2.24. The van der Waals surface area contributed by atoms with Crippen LogP contribution in [0.4, 0.5) is 21.5 Å². The molecule has 1 atom stereocenters. The van der Waals surface area contributed by atoms with Crippen LogP contribution in [-0.4, -0.2) is 20.4 Å². The summed E-state index contributed by atoms with van der Waals surface area (Å²) in [6.45, 7) is 5.40. The average molecular weight is 476 g/mol. The Morgan fingerprint density at radius 3 is 2.38 bits per heavy atom. The summed E-state index contributed by atoms with van der Waals surface area (Å²) in [6, 6.07) is 14.5. The summed E-state index contributed by atoms with van der Waals surface area (Å²) in [7, 11) is -3.77. The van der Waals surface area contributed by atoms with Gasteiger partial charge in [0, 0.05) is 5.69 Å². The van der Waals surface area contributed by atoms with E-state index in [2.05, 4.69) is 15.4 Å². The summed E-state index contributed by atoms with van der Waals surface area (Å²) in [5, 5.41) is 5.73. The predicted molar refractivity (Wildman–Crippen MR) is 126 cm³/mol. The molecule has 0 aliphatic carbocycles. The maximum absolute atomic E-state index is 13.2. The normalized spacial score (nSPS) is 12.2. The summed E-state index contributed by atoms with van der Waals surface area (Å²) in [5.74, 6) is -0.890. The number of aryl methyl sites for hydroxylation is 2. The number of hydrogen-bond donors (Lipinski definition) is 3. The number of rotatable bonds is 7. The summed E-state index contributed by atoms with van der Waals surface area (Å²) in [5.41, 5.74) is 3.07. The number of hydrogen-bond acceptors (Lipinski definition) is 4. The van der Waals surface area contributed by atoms with Crippen molar-refractivity contribution >= 4 is 44.6 Å². The van der Waals surface area contributed by atoms with Crippen LogP contribution in [0.1, 0.15) is 18.1 Å². The van der Waals surface area contributed by atoms with Crippen LogP contribution in [0.2, 0.25) is 5.02 Å². The zero-order valence-electron chi connectivity index (χ0n) is 17.7. The molecule has 6 nitrogen and oxygen atoms in total. The number of carbonyl (C=O) groups is 1. The van der Waals surface area contributed by atoms with Crippen LogP contribution >= 0.6 is 11.6 Å². The molecule has 3 aromatic carbocycles. The highest BCUT2D eigenvalue weighted by molar-refractivity contribution is 7.92. The first-order valence-corrected chi connectivity index (χ1v) is 11.6. The van der Waals surface area contributed by atoms with Gasteiger partial charge in [-0.1, -0.05) is 23.7 Å². The van der Waals surface area contributed by atoms with Crippen LogP contribution in [-0.2, 0) is 14.8 Å².